The van der Waals surface area contributed by atoms with Crippen LogP contribution in [0.1, 0.15) is 54.7 Å². The quantitative estimate of drug-likeness (QED) is 0.422. The molecule has 198 valence electrons. The molecule has 3 aromatic rings. The van der Waals surface area contributed by atoms with E-state index in [-0.39, 0.29) is 23.0 Å². The van der Waals surface area contributed by atoms with Crippen molar-refractivity contribution in [1.82, 2.24) is 0 Å². The number of nitrogens with zero attached hydrogens (tertiary/aromatic N) is 1. The van der Waals surface area contributed by atoms with Crippen molar-refractivity contribution in [2.45, 2.75) is 52.1 Å². The number of carbonyl (C=O) groups excluding carboxylic acids is 3. The fraction of sp³-hybridized carbons (Fsp3) is 0.303. The van der Waals surface area contributed by atoms with Gasteiger partial charge < -0.3 is 10.2 Å². The summed E-state index contributed by atoms with van der Waals surface area (Å²) in [5.41, 5.74) is 3.34. The summed E-state index contributed by atoms with van der Waals surface area (Å²) in [7, 11) is 0. The number of para-hydroxylation sites is 1. The summed E-state index contributed by atoms with van der Waals surface area (Å²) < 4.78 is 13.9. The van der Waals surface area contributed by atoms with Gasteiger partial charge in [0.15, 0.2) is 11.6 Å². The molecule has 1 N–H and O–H groups in total. The molecule has 0 saturated carbocycles. The number of Topliss-reactive ketones (excluding diaryl/α,β-unsaturated/α-hetero) is 2. The molecule has 1 saturated heterocycles. The molecule has 6 rings (SSSR count). The Morgan fingerprint density at radius 3 is 2.36 bits per heavy atom. The number of nitrogens with one attached hydrogen (secondary N) is 1. The average molecular weight is 523 g/mol. The minimum absolute atomic E-state index is 0.124. The van der Waals surface area contributed by atoms with Crippen LogP contribution in [-0.4, -0.2) is 29.6 Å². The van der Waals surface area contributed by atoms with Gasteiger partial charge in [0, 0.05) is 27.9 Å². The number of anilines is 2. The maximum absolute atomic E-state index is 14.6. The highest BCUT2D eigenvalue weighted by Gasteiger charge is 2.71. The van der Waals surface area contributed by atoms with Gasteiger partial charge in [0.25, 0.3) is 0 Å². The summed E-state index contributed by atoms with van der Waals surface area (Å²) in [6.45, 7) is 9.57. The molecule has 5 nitrogen and oxygen atoms in total. The van der Waals surface area contributed by atoms with Gasteiger partial charge in [-0.2, -0.15) is 0 Å². The van der Waals surface area contributed by atoms with Crippen LogP contribution in [0, 0.1) is 24.1 Å². The molecule has 0 radical (unpaired) electrons. The molecule has 3 aliphatic rings. The van der Waals surface area contributed by atoms with Crippen LogP contribution in [0.25, 0.3) is 5.57 Å². The summed E-state index contributed by atoms with van der Waals surface area (Å²) >= 11 is 0. The number of fused-ring (bicyclic) bond motifs is 6. The lowest BCUT2D eigenvalue weighted by Gasteiger charge is -2.40. The molecule has 3 aliphatic heterocycles. The Bertz CT molecular complexity index is 1580. The first-order valence-electron chi connectivity index (χ1n) is 13.3. The van der Waals surface area contributed by atoms with Crippen LogP contribution in [0.5, 0.6) is 0 Å². The Labute approximate surface area is 227 Å². The summed E-state index contributed by atoms with van der Waals surface area (Å²) in [4.78, 5) is 45.4. The molecule has 1 spiro atoms. The van der Waals surface area contributed by atoms with Crippen molar-refractivity contribution in [1.29, 1.82) is 0 Å². The molecule has 0 bridgehead atoms. The summed E-state index contributed by atoms with van der Waals surface area (Å²) in [6, 6.07) is 17.4. The number of hydrogen-bond donors (Lipinski definition) is 1. The lowest BCUT2D eigenvalue weighted by atomic mass is 9.63. The topological polar surface area (TPSA) is 66.5 Å². The van der Waals surface area contributed by atoms with E-state index in [2.05, 4.69) is 11.4 Å². The third-order valence-electron chi connectivity index (χ3n) is 8.55. The van der Waals surface area contributed by atoms with E-state index in [1.807, 2.05) is 82.0 Å². The van der Waals surface area contributed by atoms with Crippen LogP contribution < -0.4 is 10.2 Å². The lowest BCUT2D eigenvalue weighted by molar-refractivity contribution is -0.128. The molecule has 1 fully saturated rings. The normalized spacial score (nSPS) is 25.1. The van der Waals surface area contributed by atoms with E-state index >= 15 is 0 Å². The number of amides is 1. The highest BCUT2D eigenvalue weighted by molar-refractivity contribution is 6.17. The first kappa shape index (κ1) is 25.2. The number of hydrogen-bond acceptors (Lipinski definition) is 4. The third-order valence-corrected chi connectivity index (χ3v) is 8.55. The van der Waals surface area contributed by atoms with Gasteiger partial charge in [-0.1, -0.05) is 56.7 Å². The second kappa shape index (κ2) is 8.47. The van der Waals surface area contributed by atoms with Gasteiger partial charge in [0.05, 0.1) is 12.0 Å². The second-order valence-electron chi connectivity index (χ2n) is 12.0. The molecular weight excluding hydrogens is 491 g/mol. The van der Waals surface area contributed by atoms with E-state index in [9.17, 15) is 18.8 Å². The van der Waals surface area contributed by atoms with Crippen molar-refractivity contribution in [2.24, 2.45) is 11.3 Å². The van der Waals surface area contributed by atoms with Crippen LogP contribution in [0.4, 0.5) is 15.8 Å². The predicted molar refractivity (Wildman–Crippen MR) is 150 cm³/mol. The molecule has 6 heteroatoms. The minimum Gasteiger partial charge on any atom is -0.352 e. The standard InChI is InChI=1S/C33H31FN2O3/c1-18-10-15-25-22(16-18)19(2)17-26-33(23-8-6-7-9-24(23)35-31(33)39)27(28(36(25)26)30(38)32(3,4)5)29(37)20-11-13-21(34)14-12-20/h6-17,26-28H,1-5H3,(H,35,39)/t26-,27-,28-,33+/m0/s1. The Hall–Kier alpha value is -4.06. The SMILES string of the molecule is CC1=C[C@@H]2N(c3ccc(C)cc31)[C@H](C(=O)C(C)(C)C)[C@@H](C(=O)c1ccc(F)cc1)[C@]21C(=O)Nc2ccccc21. The monoisotopic (exact) mass is 522 g/mol. The van der Waals surface area contributed by atoms with Crippen molar-refractivity contribution < 1.29 is 18.8 Å². The molecule has 3 aromatic carbocycles. The van der Waals surface area contributed by atoms with Crippen LogP contribution >= 0.6 is 0 Å². The largest absolute Gasteiger partial charge is 0.352 e. The number of allylic oxidation sites excluding steroid dienone is 1. The minimum atomic E-state index is -1.36. The van der Waals surface area contributed by atoms with Crippen LogP contribution in [-0.2, 0) is 15.0 Å². The van der Waals surface area contributed by atoms with Gasteiger partial charge in [-0.3, -0.25) is 14.4 Å². The zero-order valence-corrected chi connectivity index (χ0v) is 22.7. The molecule has 4 atom stereocenters. The van der Waals surface area contributed by atoms with Crippen molar-refractivity contribution in [2.75, 3.05) is 10.2 Å². The number of rotatable bonds is 3. The van der Waals surface area contributed by atoms with Gasteiger partial charge in [-0.25, -0.2) is 4.39 Å². The number of halogens is 1. The molecule has 39 heavy (non-hydrogen) atoms. The molecular formula is C33H31FN2O3. The van der Waals surface area contributed by atoms with E-state index in [4.69, 9.17) is 0 Å². The second-order valence-corrected chi connectivity index (χ2v) is 12.0. The van der Waals surface area contributed by atoms with Crippen molar-refractivity contribution >= 4 is 34.4 Å². The van der Waals surface area contributed by atoms with Gasteiger partial charge in [0.1, 0.15) is 17.3 Å². The third kappa shape index (κ3) is 3.47. The van der Waals surface area contributed by atoms with Gasteiger partial charge in [-0.05, 0) is 67.4 Å². The molecule has 1 amide bonds. The zero-order chi connectivity index (χ0) is 27.9. The molecule has 0 aliphatic carbocycles. The molecule has 0 unspecified atom stereocenters. The van der Waals surface area contributed by atoms with Gasteiger partial charge in [0.2, 0.25) is 5.91 Å². The van der Waals surface area contributed by atoms with E-state index in [0.29, 0.717) is 11.3 Å². The maximum Gasteiger partial charge on any atom is 0.238 e. The maximum atomic E-state index is 14.6. The Morgan fingerprint density at radius 2 is 1.67 bits per heavy atom. The number of aryl methyl sites for hydroxylation is 1. The Morgan fingerprint density at radius 1 is 0.974 bits per heavy atom. The predicted octanol–water partition coefficient (Wildman–Crippen LogP) is 6.11. The molecule has 3 heterocycles. The van der Waals surface area contributed by atoms with Crippen molar-refractivity contribution in [3.63, 3.8) is 0 Å². The summed E-state index contributed by atoms with van der Waals surface area (Å²) in [5.74, 6) is -2.28. The number of carbonyl (C=O) groups is 3. The average Bonchev–Trinajstić information content (AvgIpc) is 3.35. The van der Waals surface area contributed by atoms with Crippen molar-refractivity contribution in [3.05, 3.63) is 101 Å². The smallest absolute Gasteiger partial charge is 0.238 e. The van der Waals surface area contributed by atoms with E-state index in [1.54, 1.807) is 0 Å². The van der Waals surface area contributed by atoms with E-state index < -0.39 is 34.6 Å². The highest BCUT2D eigenvalue weighted by Crippen LogP contribution is 2.59. The number of benzene rings is 3. The fourth-order valence-corrected chi connectivity index (χ4v) is 6.78. The highest BCUT2D eigenvalue weighted by atomic mass is 19.1. The summed E-state index contributed by atoms with van der Waals surface area (Å²) in [5, 5.41) is 3.04. The van der Waals surface area contributed by atoms with E-state index in [1.165, 1.54) is 24.3 Å². The van der Waals surface area contributed by atoms with Crippen LogP contribution in [0.15, 0.2) is 72.8 Å². The Kier molecular flexibility index (Phi) is 5.48. The van der Waals surface area contributed by atoms with Crippen molar-refractivity contribution in [3.8, 4) is 0 Å². The van der Waals surface area contributed by atoms with Gasteiger partial charge >= 0.3 is 0 Å². The first-order chi connectivity index (χ1) is 18.5. The number of ketones is 2. The summed E-state index contributed by atoms with van der Waals surface area (Å²) in [6.07, 6.45) is 2.05. The van der Waals surface area contributed by atoms with E-state index in [0.717, 1.165) is 22.4 Å². The zero-order valence-electron chi connectivity index (χ0n) is 22.7. The molecule has 0 aromatic heterocycles. The Balaban J connectivity index is 1.70. The fourth-order valence-electron chi connectivity index (χ4n) is 6.78. The van der Waals surface area contributed by atoms with Gasteiger partial charge in [-0.15, -0.1) is 0 Å². The van der Waals surface area contributed by atoms with Crippen LogP contribution in [0.2, 0.25) is 0 Å². The first-order valence-corrected chi connectivity index (χ1v) is 13.3. The van der Waals surface area contributed by atoms with Crippen LogP contribution in [0.3, 0.4) is 0 Å². The lowest BCUT2D eigenvalue weighted by Crippen LogP contribution is -2.51.